The smallest absolute Gasteiger partial charge is 0.383 e. The molecule has 0 aromatic heterocycles. The van der Waals surface area contributed by atoms with Crippen molar-refractivity contribution in [2.45, 2.75) is 33.3 Å². The van der Waals surface area contributed by atoms with Crippen molar-refractivity contribution in [2.75, 3.05) is 11.9 Å². The third kappa shape index (κ3) is 7.72. The Hall–Kier alpha value is -1.53. The maximum Gasteiger partial charge on any atom is 0.383 e. The van der Waals surface area contributed by atoms with E-state index in [0.29, 0.717) is 0 Å². The molecule has 5 nitrogen and oxygen atoms in total. The Labute approximate surface area is 130 Å². The molecule has 21 heavy (non-hydrogen) atoms. The van der Waals surface area contributed by atoms with Crippen LogP contribution >= 0.6 is 11.9 Å². The summed E-state index contributed by atoms with van der Waals surface area (Å²) in [6, 6.07) is 7.49. The van der Waals surface area contributed by atoms with Crippen LogP contribution in [0.25, 0.3) is 0 Å². The normalized spacial score (nSPS) is 11.0. The molecule has 1 aromatic rings. The van der Waals surface area contributed by atoms with Gasteiger partial charge in [-0.25, -0.2) is 9.52 Å². The molecule has 0 heterocycles. The van der Waals surface area contributed by atoms with Crippen LogP contribution in [0.4, 0.5) is 10.5 Å². The molecule has 0 fully saturated rings. The second kappa shape index (κ2) is 8.05. The average Bonchev–Trinajstić information content (AvgIpc) is 2.37. The average molecular weight is 309 g/mol. The number of benzene rings is 1. The second-order valence-corrected chi connectivity index (χ2v) is 6.17. The molecule has 0 atom stereocenters. The summed E-state index contributed by atoms with van der Waals surface area (Å²) in [5.74, 6) is -0.223. The Morgan fingerprint density at radius 1 is 1.24 bits per heavy atom. The molecule has 0 aliphatic rings. The quantitative estimate of drug-likeness (QED) is 0.645. The number of carbonyl (C=O) groups is 2. The molecule has 0 unspecified atom stereocenters. The summed E-state index contributed by atoms with van der Waals surface area (Å²) in [4.78, 5) is 23.1. The first-order chi connectivity index (χ1) is 9.80. The van der Waals surface area contributed by atoms with Gasteiger partial charge in [0.15, 0.2) is 0 Å². The van der Waals surface area contributed by atoms with Crippen LogP contribution in [0.2, 0.25) is 0 Å². The van der Waals surface area contributed by atoms with E-state index in [2.05, 4.69) is 10.0 Å². The zero-order chi connectivity index (χ0) is 15.9. The molecule has 2 N–H and O–H groups in total. The molecular weight excluding hydrogens is 288 g/mol. The van der Waals surface area contributed by atoms with E-state index in [1.807, 2.05) is 37.6 Å². The molecule has 0 bridgehead atoms. The molecule has 0 aliphatic heterocycles. The zero-order valence-electron chi connectivity index (χ0n) is 12.7. The van der Waals surface area contributed by atoms with Crippen LogP contribution in [-0.4, -0.2) is 23.4 Å². The van der Waals surface area contributed by atoms with Gasteiger partial charge in [0.2, 0.25) is 5.91 Å². The van der Waals surface area contributed by atoms with E-state index in [1.54, 1.807) is 20.8 Å². The number of ether oxygens (including phenoxy) is 1. The van der Waals surface area contributed by atoms with Crippen molar-refractivity contribution in [3.8, 4) is 0 Å². The van der Waals surface area contributed by atoms with Gasteiger partial charge in [0.05, 0.1) is 6.54 Å². The molecule has 1 amide bonds. The molecule has 0 aliphatic carbocycles. The van der Waals surface area contributed by atoms with Crippen LogP contribution in [0.1, 0.15) is 33.3 Å². The first-order valence-electron chi connectivity index (χ1n) is 6.62. The summed E-state index contributed by atoms with van der Waals surface area (Å²) in [5.41, 5.74) is 1.27. The van der Waals surface area contributed by atoms with Crippen molar-refractivity contribution in [1.29, 1.82) is 0 Å². The standard InChI is InChI=1S/C15H21N2O3S/c1-5-11-6-8-12(9-7-11)17-13(18)10-16-21-14(19)20-15(2,3)4/h5-9,16H,10H2,1-4H3,(H,17,18). The maximum atomic E-state index is 11.7. The van der Waals surface area contributed by atoms with Crippen molar-refractivity contribution >= 4 is 28.8 Å². The molecule has 115 valence electrons. The molecule has 1 radical (unpaired) electrons. The molecule has 0 saturated heterocycles. The highest BCUT2D eigenvalue weighted by Gasteiger charge is 2.16. The Kier molecular flexibility index (Phi) is 6.71. The number of nitrogens with one attached hydrogen (secondary N) is 2. The highest BCUT2D eigenvalue weighted by Crippen LogP contribution is 2.13. The third-order valence-corrected chi connectivity index (χ3v) is 2.84. The fraction of sp³-hybridized carbons (Fsp3) is 0.400. The Morgan fingerprint density at radius 2 is 1.86 bits per heavy atom. The molecule has 6 heteroatoms. The van der Waals surface area contributed by atoms with E-state index in [0.717, 1.165) is 23.2 Å². The van der Waals surface area contributed by atoms with Gasteiger partial charge in [0, 0.05) is 17.6 Å². The molecule has 1 rings (SSSR count). The van der Waals surface area contributed by atoms with Gasteiger partial charge in [-0.15, -0.1) is 0 Å². The lowest BCUT2D eigenvalue weighted by molar-refractivity contribution is -0.115. The van der Waals surface area contributed by atoms with Crippen molar-refractivity contribution in [3.05, 3.63) is 36.2 Å². The van der Waals surface area contributed by atoms with Gasteiger partial charge in [0.25, 0.3) is 0 Å². The van der Waals surface area contributed by atoms with Gasteiger partial charge in [-0.05, 0) is 44.9 Å². The van der Waals surface area contributed by atoms with E-state index >= 15 is 0 Å². The molecule has 0 spiro atoms. The predicted octanol–water partition coefficient (Wildman–Crippen LogP) is 3.37. The molecular formula is C15H21N2O3S. The van der Waals surface area contributed by atoms with Crippen LogP contribution in [0.5, 0.6) is 0 Å². The van der Waals surface area contributed by atoms with Gasteiger partial charge < -0.3 is 10.1 Å². The van der Waals surface area contributed by atoms with E-state index in [1.165, 1.54) is 0 Å². The van der Waals surface area contributed by atoms with E-state index < -0.39 is 10.9 Å². The predicted molar refractivity (Wildman–Crippen MR) is 86.0 cm³/mol. The maximum absolute atomic E-state index is 11.7. The van der Waals surface area contributed by atoms with Gasteiger partial charge in [-0.2, -0.15) is 0 Å². The van der Waals surface area contributed by atoms with E-state index in [4.69, 9.17) is 4.74 Å². The molecule has 0 saturated carbocycles. The first-order valence-corrected chi connectivity index (χ1v) is 7.44. The van der Waals surface area contributed by atoms with Crippen LogP contribution in [0.15, 0.2) is 24.3 Å². The van der Waals surface area contributed by atoms with E-state index in [9.17, 15) is 9.59 Å². The Bertz CT molecular complexity index is 481. The minimum absolute atomic E-state index is 0.0194. The fourth-order valence-electron chi connectivity index (χ4n) is 1.40. The van der Waals surface area contributed by atoms with Crippen molar-refractivity contribution in [2.24, 2.45) is 0 Å². The Balaban J connectivity index is 2.29. The summed E-state index contributed by atoms with van der Waals surface area (Å²) in [6.45, 7) is 7.33. The number of hydrogen-bond acceptors (Lipinski definition) is 5. The monoisotopic (exact) mass is 309 g/mol. The highest BCUT2D eigenvalue weighted by molar-refractivity contribution is 8.11. The lowest BCUT2D eigenvalue weighted by atomic mass is 10.1. The summed E-state index contributed by atoms with van der Waals surface area (Å²) < 4.78 is 7.76. The lowest BCUT2D eigenvalue weighted by Crippen LogP contribution is -2.27. The van der Waals surface area contributed by atoms with Gasteiger partial charge in [0.1, 0.15) is 5.60 Å². The number of amides is 1. The fourth-order valence-corrected chi connectivity index (χ4v) is 2.01. The third-order valence-electron chi connectivity index (χ3n) is 2.31. The van der Waals surface area contributed by atoms with Gasteiger partial charge >= 0.3 is 5.30 Å². The number of carbonyl (C=O) groups excluding carboxylic acids is 2. The SMILES string of the molecule is C[CH]c1ccc(NC(=O)CNSC(=O)OC(C)(C)C)cc1. The van der Waals surface area contributed by atoms with Crippen molar-refractivity contribution in [3.63, 3.8) is 0 Å². The van der Waals surface area contributed by atoms with Crippen LogP contribution in [0.3, 0.4) is 0 Å². The minimum atomic E-state index is -0.536. The van der Waals surface area contributed by atoms with Gasteiger partial charge in [-0.1, -0.05) is 19.1 Å². The topological polar surface area (TPSA) is 67.4 Å². The first kappa shape index (κ1) is 17.5. The largest absolute Gasteiger partial charge is 0.451 e. The Morgan fingerprint density at radius 3 is 2.38 bits per heavy atom. The van der Waals surface area contributed by atoms with Crippen LogP contribution in [-0.2, 0) is 9.53 Å². The number of hydrogen-bond donors (Lipinski definition) is 2. The van der Waals surface area contributed by atoms with Crippen LogP contribution < -0.4 is 10.0 Å². The number of anilines is 1. The van der Waals surface area contributed by atoms with Crippen molar-refractivity contribution < 1.29 is 14.3 Å². The summed E-state index contributed by atoms with van der Waals surface area (Å²) in [6.07, 6.45) is 1.98. The number of rotatable bonds is 5. The summed E-state index contributed by atoms with van der Waals surface area (Å²) >= 11 is 0.771. The van der Waals surface area contributed by atoms with Crippen LogP contribution in [0, 0.1) is 6.42 Å². The second-order valence-electron chi connectivity index (χ2n) is 5.35. The van der Waals surface area contributed by atoms with Crippen molar-refractivity contribution in [1.82, 2.24) is 4.72 Å². The van der Waals surface area contributed by atoms with Gasteiger partial charge in [-0.3, -0.25) is 4.79 Å². The lowest BCUT2D eigenvalue weighted by Gasteiger charge is -2.18. The zero-order valence-corrected chi connectivity index (χ0v) is 13.5. The summed E-state index contributed by atoms with van der Waals surface area (Å²) in [5, 5.41) is 2.27. The van der Waals surface area contributed by atoms with E-state index in [-0.39, 0.29) is 12.5 Å². The molecule has 1 aromatic carbocycles. The highest BCUT2D eigenvalue weighted by atomic mass is 32.2. The minimum Gasteiger partial charge on any atom is -0.451 e. The summed E-state index contributed by atoms with van der Waals surface area (Å²) in [7, 11) is 0.